The van der Waals surface area contributed by atoms with E-state index in [1.807, 2.05) is 0 Å². The Labute approximate surface area is 164 Å². The molecule has 10 heteroatoms. The van der Waals surface area contributed by atoms with Crippen molar-refractivity contribution in [2.75, 3.05) is 25.5 Å². The van der Waals surface area contributed by atoms with Crippen LogP contribution in [-0.4, -0.2) is 47.2 Å². The molecule has 1 aliphatic rings. The molecule has 0 atom stereocenters. The predicted octanol–water partition coefficient (Wildman–Crippen LogP) is 1.63. The Bertz CT molecular complexity index is 1070. The fourth-order valence-corrected chi connectivity index (χ4v) is 5.21. The van der Waals surface area contributed by atoms with Crippen molar-refractivity contribution in [3.05, 3.63) is 54.1 Å². The van der Waals surface area contributed by atoms with Crippen molar-refractivity contribution in [1.29, 1.82) is 0 Å². The maximum absolute atomic E-state index is 12.5. The van der Waals surface area contributed by atoms with E-state index in [9.17, 15) is 21.6 Å². The minimum Gasteiger partial charge on any atom is -0.322 e. The number of sulfonamides is 2. The monoisotopic (exact) mass is 423 g/mol. The van der Waals surface area contributed by atoms with Gasteiger partial charge in [0.05, 0.1) is 9.79 Å². The Morgan fingerprint density at radius 2 is 1.57 bits per heavy atom. The van der Waals surface area contributed by atoms with Crippen LogP contribution < -0.4 is 10.0 Å². The lowest BCUT2D eigenvalue weighted by molar-refractivity contribution is 0.102. The van der Waals surface area contributed by atoms with E-state index in [1.54, 1.807) is 0 Å². The van der Waals surface area contributed by atoms with E-state index in [-0.39, 0.29) is 15.4 Å². The molecule has 3 rings (SSSR count). The molecule has 1 saturated heterocycles. The van der Waals surface area contributed by atoms with Crippen molar-refractivity contribution in [2.45, 2.75) is 22.6 Å². The summed E-state index contributed by atoms with van der Waals surface area (Å²) in [6, 6.07) is 11.6. The zero-order valence-corrected chi connectivity index (χ0v) is 16.9. The number of rotatable bonds is 6. The van der Waals surface area contributed by atoms with Crippen LogP contribution >= 0.6 is 0 Å². The van der Waals surface area contributed by atoms with Gasteiger partial charge < -0.3 is 5.32 Å². The van der Waals surface area contributed by atoms with Gasteiger partial charge in [0.15, 0.2) is 0 Å². The van der Waals surface area contributed by atoms with Crippen LogP contribution in [0.4, 0.5) is 5.69 Å². The number of anilines is 1. The summed E-state index contributed by atoms with van der Waals surface area (Å²) in [7, 11) is -5.88. The smallest absolute Gasteiger partial charge is 0.255 e. The van der Waals surface area contributed by atoms with Crippen LogP contribution in [0.3, 0.4) is 0 Å². The van der Waals surface area contributed by atoms with Gasteiger partial charge in [0, 0.05) is 24.3 Å². The predicted molar refractivity (Wildman–Crippen MR) is 105 cm³/mol. The standard InChI is InChI=1S/C18H21N3O5S2/c1-19-27(23,24)17-6-4-5-14(13-17)18(22)20-15-7-9-16(10-8-15)28(25,26)21-11-2-3-12-21/h4-10,13,19H,2-3,11-12H2,1H3,(H,20,22). The molecule has 1 heterocycles. The van der Waals surface area contributed by atoms with Gasteiger partial charge in [-0.15, -0.1) is 0 Å². The van der Waals surface area contributed by atoms with Crippen molar-refractivity contribution >= 4 is 31.6 Å². The lowest BCUT2D eigenvalue weighted by Gasteiger charge is -2.15. The number of nitrogens with zero attached hydrogens (tertiary/aromatic N) is 1. The van der Waals surface area contributed by atoms with Crippen LogP contribution in [0.25, 0.3) is 0 Å². The molecule has 2 N–H and O–H groups in total. The second-order valence-electron chi connectivity index (χ2n) is 6.33. The third-order valence-corrected chi connectivity index (χ3v) is 7.82. The van der Waals surface area contributed by atoms with Crippen molar-refractivity contribution < 1.29 is 21.6 Å². The molecule has 0 saturated carbocycles. The average molecular weight is 424 g/mol. The summed E-state index contributed by atoms with van der Waals surface area (Å²) < 4.78 is 52.4. The molecule has 0 aliphatic carbocycles. The first kappa shape index (κ1) is 20.5. The van der Waals surface area contributed by atoms with E-state index in [0.29, 0.717) is 18.8 Å². The van der Waals surface area contributed by atoms with Gasteiger partial charge in [0.25, 0.3) is 5.91 Å². The van der Waals surface area contributed by atoms with Gasteiger partial charge in [0.2, 0.25) is 20.0 Å². The van der Waals surface area contributed by atoms with Gasteiger partial charge in [-0.3, -0.25) is 4.79 Å². The molecular weight excluding hydrogens is 402 g/mol. The second kappa shape index (κ2) is 8.00. The molecule has 0 aromatic heterocycles. The van der Waals surface area contributed by atoms with Gasteiger partial charge in [-0.2, -0.15) is 4.31 Å². The summed E-state index contributed by atoms with van der Waals surface area (Å²) >= 11 is 0. The van der Waals surface area contributed by atoms with Crippen molar-refractivity contribution in [2.24, 2.45) is 0 Å². The maximum atomic E-state index is 12.5. The van der Waals surface area contributed by atoms with Gasteiger partial charge in [0.1, 0.15) is 0 Å². The third kappa shape index (κ3) is 4.25. The van der Waals surface area contributed by atoms with Crippen LogP contribution in [0.15, 0.2) is 58.3 Å². The number of carbonyl (C=O) groups is 1. The Morgan fingerprint density at radius 1 is 0.929 bits per heavy atom. The summed E-state index contributed by atoms with van der Waals surface area (Å²) in [4.78, 5) is 12.6. The molecule has 0 radical (unpaired) electrons. The molecule has 2 aromatic rings. The van der Waals surface area contributed by atoms with E-state index < -0.39 is 26.0 Å². The van der Waals surface area contributed by atoms with Crippen LogP contribution in [0.1, 0.15) is 23.2 Å². The minimum atomic E-state index is -3.66. The highest BCUT2D eigenvalue weighted by atomic mass is 32.2. The molecule has 0 spiro atoms. The van der Waals surface area contributed by atoms with Crippen LogP contribution in [0.2, 0.25) is 0 Å². The van der Waals surface area contributed by atoms with E-state index in [2.05, 4.69) is 10.0 Å². The van der Waals surface area contributed by atoms with Gasteiger partial charge >= 0.3 is 0 Å². The normalized spacial score (nSPS) is 15.5. The van der Waals surface area contributed by atoms with E-state index in [0.717, 1.165) is 12.8 Å². The number of carbonyl (C=O) groups excluding carboxylic acids is 1. The Balaban J connectivity index is 1.76. The quantitative estimate of drug-likeness (QED) is 0.733. The highest BCUT2D eigenvalue weighted by Gasteiger charge is 2.27. The van der Waals surface area contributed by atoms with E-state index in [1.165, 1.54) is 59.9 Å². The zero-order chi connectivity index (χ0) is 20.4. The first-order chi connectivity index (χ1) is 13.2. The summed E-state index contributed by atoms with van der Waals surface area (Å²) in [5.41, 5.74) is 0.581. The molecule has 0 bridgehead atoms. The Morgan fingerprint density at radius 3 is 2.18 bits per heavy atom. The topological polar surface area (TPSA) is 113 Å². The number of hydrogen-bond donors (Lipinski definition) is 2. The molecule has 150 valence electrons. The lowest BCUT2D eigenvalue weighted by atomic mass is 10.2. The highest BCUT2D eigenvalue weighted by Crippen LogP contribution is 2.22. The fraction of sp³-hybridized carbons (Fsp3) is 0.278. The lowest BCUT2D eigenvalue weighted by Crippen LogP contribution is -2.27. The molecule has 0 unspecified atom stereocenters. The Kier molecular flexibility index (Phi) is 5.84. The summed E-state index contributed by atoms with van der Waals surface area (Å²) in [5.74, 6) is -0.497. The molecule has 1 fully saturated rings. The summed E-state index contributed by atoms with van der Waals surface area (Å²) in [6.45, 7) is 1.04. The summed E-state index contributed by atoms with van der Waals surface area (Å²) in [5, 5.41) is 2.64. The third-order valence-electron chi connectivity index (χ3n) is 4.49. The molecule has 1 aliphatic heterocycles. The van der Waals surface area contributed by atoms with E-state index in [4.69, 9.17) is 0 Å². The van der Waals surface area contributed by atoms with Crippen molar-refractivity contribution in [3.63, 3.8) is 0 Å². The Hall–Kier alpha value is -2.27. The first-order valence-corrected chi connectivity index (χ1v) is 11.6. The largest absolute Gasteiger partial charge is 0.322 e. The van der Waals surface area contributed by atoms with Crippen LogP contribution in [0.5, 0.6) is 0 Å². The first-order valence-electron chi connectivity index (χ1n) is 8.69. The SMILES string of the molecule is CNS(=O)(=O)c1cccc(C(=O)Nc2ccc(S(=O)(=O)N3CCCC3)cc2)c1. The fourth-order valence-electron chi connectivity index (χ4n) is 2.91. The van der Waals surface area contributed by atoms with E-state index >= 15 is 0 Å². The second-order valence-corrected chi connectivity index (χ2v) is 10.1. The van der Waals surface area contributed by atoms with Crippen molar-refractivity contribution in [3.8, 4) is 0 Å². The van der Waals surface area contributed by atoms with Crippen molar-refractivity contribution in [1.82, 2.24) is 9.03 Å². The zero-order valence-electron chi connectivity index (χ0n) is 15.3. The number of benzene rings is 2. The molecule has 8 nitrogen and oxygen atoms in total. The number of hydrogen-bond acceptors (Lipinski definition) is 5. The van der Waals surface area contributed by atoms with Gasteiger partial charge in [-0.1, -0.05) is 6.07 Å². The number of amides is 1. The molecule has 28 heavy (non-hydrogen) atoms. The molecule has 1 amide bonds. The van der Waals surface area contributed by atoms with Crippen LogP contribution in [0, 0.1) is 0 Å². The minimum absolute atomic E-state index is 0.0188. The van der Waals surface area contributed by atoms with Gasteiger partial charge in [-0.05, 0) is 62.4 Å². The number of nitrogens with one attached hydrogen (secondary N) is 2. The van der Waals surface area contributed by atoms with Gasteiger partial charge in [-0.25, -0.2) is 21.6 Å². The average Bonchev–Trinajstić information content (AvgIpc) is 3.24. The summed E-state index contributed by atoms with van der Waals surface area (Å²) in [6.07, 6.45) is 1.71. The molecule has 2 aromatic carbocycles. The highest BCUT2D eigenvalue weighted by molar-refractivity contribution is 7.89. The molecular formula is C18H21N3O5S2. The van der Waals surface area contributed by atoms with Crippen LogP contribution in [-0.2, 0) is 20.0 Å². The maximum Gasteiger partial charge on any atom is 0.255 e.